The average Bonchev–Trinajstić information content (AvgIpc) is 3.20. The van der Waals surface area contributed by atoms with Crippen LogP contribution < -0.4 is 0 Å². The summed E-state index contributed by atoms with van der Waals surface area (Å²) in [6, 6.07) is 6.32. The number of phenolic OH excluding ortho intramolecular Hbond substituents is 1. The SMILES string of the molecule is CCC(SC(C)C)c1cccc(C(C)C2CC2)c1O. The van der Waals surface area contributed by atoms with Crippen molar-refractivity contribution >= 4 is 11.8 Å². The number of hydrogen-bond donors (Lipinski definition) is 1. The van der Waals surface area contributed by atoms with E-state index in [1.54, 1.807) is 0 Å². The zero-order chi connectivity index (χ0) is 14.0. The molecule has 0 radical (unpaired) electrons. The molecule has 2 heteroatoms. The van der Waals surface area contributed by atoms with Crippen molar-refractivity contribution in [2.45, 2.75) is 63.4 Å². The van der Waals surface area contributed by atoms with Gasteiger partial charge in [-0.25, -0.2) is 0 Å². The van der Waals surface area contributed by atoms with Crippen molar-refractivity contribution in [3.8, 4) is 5.75 Å². The summed E-state index contributed by atoms with van der Waals surface area (Å²) in [5, 5.41) is 11.6. The highest BCUT2D eigenvalue weighted by molar-refractivity contribution is 8.00. The van der Waals surface area contributed by atoms with Crippen LogP contribution in [0.4, 0.5) is 0 Å². The summed E-state index contributed by atoms with van der Waals surface area (Å²) < 4.78 is 0. The van der Waals surface area contributed by atoms with Gasteiger partial charge in [0.25, 0.3) is 0 Å². The maximum Gasteiger partial charge on any atom is 0.123 e. The van der Waals surface area contributed by atoms with Crippen molar-refractivity contribution in [3.63, 3.8) is 0 Å². The van der Waals surface area contributed by atoms with Gasteiger partial charge >= 0.3 is 0 Å². The summed E-state index contributed by atoms with van der Waals surface area (Å²) in [4.78, 5) is 0. The zero-order valence-corrected chi connectivity index (χ0v) is 13.3. The van der Waals surface area contributed by atoms with Gasteiger partial charge in [-0.1, -0.05) is 45.9 Å². The molecule has 106 valence electrons. The molecule has 1 fully saturated rings. The van der Waals surface area contributed by atoms with E-state index in [4.69, 9.17) is 0 Å². The van der Waals surface area contributed by atoms with Crippen molar-refractivity contribution in [2.75, 3.05) is 0 Å². The fourth-order valence-corrected chi connectivity index (χ4v) is 3.96. The Hall–Kier alpha value is -0.630. The molecule has 19 heavy (non-hydrogen) atoms. The lowest BCUT2D eigenvalue weighted by Crippen LogP contribution is -2.02. The number of benzene rings is 1. The lowest BCUT2D eigenvalue weighted by Gasteiger charge is -2.22. The maximum atomic E-state index is 10.6. The molecule has 2 unspecified atom stereocenters. The summed E-state index contributed by atoms with van der Waals surface area (Å²) >= 11 is 1.95. The van der Waals surface area contributed by atoms with Crippen LogP contribution in [0.3, 0.4) is 0 Å². The molecule has 0 heterocycles. The highest BCUT2D eigenvalue weighted by Crippen LogP contribution is 2.47. The van der Waals surface area contributed by atoms with Crippen LogP contribution in [0.2, 0.25) is 0 Å². The van der Waals surface area contributed by atoms with Crippen LogP contribution in [0, 0.1) is 5.92 Å². The third-order valence-electron chi connectivity index (χ3n) is 4.07. The summed E-state index contributed by atoms with van der Waals surface area (Å²) in [7, 11) is 0. The lowest BCUT2D eigenvalue weighted by molar-refractivity contribution is 0.450. The normalized spacial score (nSPS) is 18.6. The van der Waals surface area contributed by atoms with E-state index < -0.39 is 0 Å². The van der Waals surface area contributed by atoms with Crippen LogP contribution in [0.1, 0.15) is 69.3 Å². The molecule has 1 aromatic carbocycles. The predicted octanol–water partition coefficient (Wildman–Crippen LogP) is 5.50. The van der Waals surface area contributed by atoms with Gasteiger partial charge < -0.3 is 5.11 Å². The molecule has 1 nitrogen and oxygen atoms in total. The molecule has 2 rings (SSSR count). The van der Waals surface area contributed by atoms with Crippen molar-refractivity contribution in [1.29, 1.82) is 0 Å². The molecule has 0 aliphatic heterocycles. The maximum absolute atomic E-state index is 10.6. The smallest absolute Gasteiger partial charge is 0.123 e. The van der Waals surface area contributed by atoms with Gasteiger partial charge in [0.1, 0.15) is 5.75 Å². The Morgan fingerprint density at radius 2 is 1.84 bits per heavy atom. The second-order valence-corrected chi connectivity index (χ2v) is 7.78. The summed E-state index contributed by atoms with van der Waals surface area (Å²) in [5.74, 6) is 1.85. The van der Waals surface area contributed by atoms with Crippen LogP contribution in [-0.4, -0.2) is 10.4 Å². The Bertz CT molecular complexity index is 423. The summed E-state index contributed by atoms with van der Waals surface area (Å²) in [6.07, 6.45) is 3.71. The highest BCUT2D eigenvalue weighted by Gasteiger charge is 2.31. The van der Waals surface area contributed by atoms with Gasteiger partial charge in [-0.15, -0.1) is 0 Å². The predicted molar refractivity (Wildman–Crippen MR) is 85.0 cm³/mol. The lowest BCUT2D eigenvalue weighted by atomic mass is 9.92. The van der Waals surface area contributed by atoms with Gasteiger partial charge in [0.05, 0.1) is 0 Å². The van der Waals surface area contributed by atoms with Gasteiger partial charge in [0, 0.05) is 10.8 Å². The van der Waals surface area contributed by atoms with Crippen molar-refractivity contribution in [2.24, 2.45) is 5.92 Å². The molecule has 0 bridgehead atoms. The van der Waals surface area contributed by atoms with E-state index in [1.807, 2.05) is 11.8 Å². The van der Waals surface area contributed by atoms with E-state index in [1.165, 1.54) is 12.8 Å². The molecular weight excluding hydrogens is 252 g/mol. The molecule has 1 aromatic rings. The van der Waals surface area contributed by atoms with E-state index in [0.717, 1.165) is 23.5 Å². The number of para-hydroxylation sites is 1. The number of phenols is 1. The minimum absolute atomic E-state index is 0.409. The summed E-state index contributed by atoms with van der Waals surface area (Å²) in [5.41, 5.74) is 2.29. The molecule has 0 saturated heterocycles. The topological polar surface area (TPSA) is 20.2 Å². The van der Waals surface area contributed by atoms with E-state index in [-0.39, 0.29) is 0 Å². The highest BCUT2D eigenvalue weighted by atomic mass is 32.2. The first-order valence-corrected chi connectivity index (χ1v) is 8.46. The molecule has 0 amide bonds. The van der Waals surface area contributed by atoms with Crippen LogP contribution in [-0.2, 0) is 0 Å². The first-order valence-electron chi connectivity index (χ1n) is 7.51. The monoisotopic (exact) mass is 278 g/mol. The number of aromatic hydroxyl groups is 1. The Morgan fingerprint density at radius 3 is 2.37 bits per heavy atom. The Labute approximate surface area is 121 Å². The third-order valence-corrected chi connectivity index (χ3v) is 5.53. The first kappa shape index (κ1) is 14.8. The summed E-state index contributed by atoms with van der Waals surface area (Å²) in [6.45, 7) is 8.91. The largest absolute Gasteiger partial charge is 0.507 e. The van der Waals surface area contributed by atoms with E-state index in [9.17, 15) is 5.11 Å². The second-order valence-electron chi connectivity index (χ2n) is 5.99. The number of rotatable bonds is 6. The fourth-order valence-electron chi connectivity index (χ4n) is 2.78. The molecule has 1 saturated carbocycles. The van der Waals surface area contributed by atoms with Crippen LogP contribution in [0.15, 0.2) is 18.2 Å². The Kier molecular flexibility index (Phi) is 4.83. The molecule has 1 aliphatic rings. The molecule has 0 spiro atoms. The molecule has 1 N–H and O–H groups in total. The molecule has 1 aliphatic carbocycles. The minimum atomic E-state index is 0.409. The molecule has 0 aromatic heterocycles. The van der Waals surface area contributed by atoms with Gasteiger partial charge in [0.15, 0.2) is 0 Å². The zero-order valence-electron chi connectivity index (χ0n) is 12.5. The van der Waals surface area contributed by atoms with E-state index >= 15 is 0 Å². The van der Waals surface area contributed by atoms with Gasteiger partial charge in [-0.3, -0.25) is 0 Å². The van der Waals surface area contributed by atoms with Crippen molar-refractivity contribution in [1.82, 2.24) is 0 Å². The van der Waals surface area contributed by atoms with Gasteiger partial charge in [0.2, 0.25) is 0 Å². The van der Waals surface area contributed by atoms with Crippen LogP contribution in [0.25, 0.3) is 0 Å². The van der Waals surface area contributed by atoms with E-state index in [0.29, 0.717) is 22.2 Å². The average molecular weight is 278 g/mol. The number of thioether (sulfide) groups is 1. The van der Waals surface area contributed by atoms with E-state index in [2.05, 4.69) is 45.9 Å². The van der Waals surface area contributed by atoms with Gasteiger partial charge in [-0.05, 0) is 41.9 Å². The van der Waals surface area contributed by atoms with Crippen molar-refractivity contribution in [3.05, 3.63) is 29.3 Å². The Balaban J connectivity index is 2.27. The van der Waals surface area contributed by atoms with Crippen LogP contribution >= 0.6 is 11.8 Å². The third kappa shape index (κ3) is 3.47. The van der Waals surface area contributed by atoms with Gasteiger partial charge in [-0.2, -0.15) is 11.8 Å². The molecular formula is C17H26OS. The number of hydrogen-bond acceptors (Lipinski definition) is 2. The van der Waals surface area contributed by atoms with Crippen molar-refractivity contribution < 1.29 is 5.11 Å². The minimum Gasteiger partial charge on any atom is -0.507 e. The quantitative estimate of drug-likeness (QED) is 0.741. The standard InChI is InChI=1S/C17H26OS/c1-5-16(19-11(2)3)15-8-6-7-14(17(15)18)12(4)13-9-10-13/h6-8,11-13,16,18H,5,9-10H2,1-4H3. The second kappa shape index (κ2) is 6.21. The van der Waals surface area contributed by atoms with Crippen LogP contribution in [0.5, 0.6) is 5.75 Å². The fraction of sp³-hybridized carbons (Fsp3) is 0.647. The first-order chi connectivity index (χ1) is 9.04. The molecule has 2 atom stereocenters. The Morgan fingerprint density at radius 1 is 1.21 bits per heavy atom.